The van der Waals surface area contributed by atoms with Crippen molar-refractivity contribution in [3.8, 4) is 0 Å². The van der Waals surface area contributed by atoms with E-state index in [0.29, 0.717) is 19.3 Å². The van der Waals surface area contributed by atoms with Gasteiger partial charge in [0.05, 0.1) is 0 Å². The lowest BCUT2D eigenvalue weighted by Crippen LogP contribution is -2.30. The van der Waals surface area contributed by atoms with Gasteiger partial charge in [0.1, 0.15) is 13.2 Å². The second-order valence-electron chi connectivity index (χ2n) is 18.2. The third-order valence-corrected chi connectivity index (χ3v) is 12.0. The van der Waals surface area contributed by atoms with E-state index in [1.165, 1.54) is 173 Å². The molecule has 0 aliphatic heterocycles. The molecule has 0 saturated carbocycles. The largest absolute Gasteiger partial charge is 0.462 e. The highest BCUT2D eigenvalue weighted by atomic mass is 16.6. The fourth-order valence-corrected chi connectivity index (χ4v) is 7.89. The van der Waals surface area contributed by atoms with Crippen molar-refractivity contribution in [1.82, 2.24) is 0 Å². The Kier molecular flexibility index (Phi) is 48.8. The summed E-state index contributed by atoms with van der Waals surface area (Å²) in [6.45, 7) is 6.63. The molecule has 6 nitrogen and oxygen atoms in total. The molecule has 0 aliphatic carbocycles. The van der Waals surface area contributed by atoms with Gasteiger partial charge in [0.15, 0.2) is 6.10 Å². The van der Waals surface area contributed by atoms with Gasteiger partial charge in [-0.3, -0.25) is 14.4 Å². The zero-order valence-electron chi connectivity index (χ0n) is 40.9. The first-order valence-corrected chi connectivity index (χ1v) is 26.8. The first-order valence-electron chi connectivity index (χ1n) is 26.8. The molecule has 0 heterocycles. The van der Waals surface area contributed by atoms with Gasteiger partial charge < -0.3 is 14.2 Å². The van der Waals surface area contributed by atoms with Crippen molar-refractivity contribution >= 4 is 17.9 Å². The highest BCUT2D eigenvalue weighted by Gasteiger charge is 2.19. The molecular formula is C55H102O6. The van der Waals surface area contributed by atoms with Crippen molar-refractivity contribution in [3.05, 3.63) is 24.3 Å². The second-order valence-corrected chi connectivity index (χ2v) is 18.2. The number of rotatable bonds is 49. The average Bonchev–Trinajstić information content (AvgIpc) is 3.26. The molecule has 0 aliphatic rings. The fraction of sp³-hybridized carbons (Fsp3) is 0.873. The van der Waals surface area contributed by atoms with Crippen LogP contribution in [0.15, 0.2) is 24.3 Å². The van der Waals surface area contributed by atoms with Crippen molar-refractivity contribution < 1.29 is 28.6 Å². The molecule has 0 bridgehead atoms. The normalized spacial score (nSPS) is 12.1. The Morgan fingerprint density at radius 3 is 0.934 bits per heavy atom. The molecule has 0 rings (SSSR count). The second kappa shape index (κ2) is 50.5. The van der Waals surface area contributed by atoms with E-state index < -0.39 is 6.10 Å². The molecule has 0 aromatic rings. The van der Waals surface area contributed by atoms with Crippen LogP contribution in [-0.4, -0.2) is 37.2 Å². The summed E-state index contributed by atoms with van der Waals surface area (Å²) in [5.41, 5.74) is 0. The van der Waals surface area contributed by atoms with Crippen molar-refractivity contribution in [3.63, 3.8) is 0 Å². The predicted octanol–water partition coefficient (Wildman–Crippen LogP) is 17.5. The number of esters is 3. The summed E-state index contributed by atoms with van der Waals surface area (Å²) < 4.78 is 16.8. The maximum atomic E-state index is 12.8. The Bertz CT molecular complexity index is 989. The standard InChI is InChI=1S/C55H102O6/c1-4-7-10-13-16-19-22-24-26-27-29-31-34-37-40-43-46-49-55(58)61-52(50-59-53(56)47-44-41-38-35-32-21-18-15-12-9-6-3)51-60-54(57)48-45-42-39-36-33-30-28-25-23-20-17-14-11-8-5-2/h17,20,25,28,52H,4-16,18-19,21-24,26-27,29-51H2,1-3H3/b20-17-,28-25-/t52-/m0/s1. The predicted molar refractivity (Wildman–Crippen MR) is 261 cm³/mol. The maximum Gasteiger partial charge on any atom is 0.306 e. The first kappa shape index (κ1) is 58.9. The molecule has 1 atom stereocenters. The molecule has 0 aromatic carbocycles. The highest BCUT2D eigenvalue weighted by molar-refractivity contribution is 5.71. The van der Waals surface area contributed by atoms with E-state index in [4.69, 9.17) is 14.2 Å². The monoisotopic (exact) mass is 859 g/mol. The van der Waals surface area contributed by atoms with Crippen LogP contribution in [0, 0.1) is 0 Å². The summed E-state index contributed by atoms with van der Waals surface area (Å²) in [7, 11) is 0. The summed E-state index contributed by atoms with van der Waals surface area (Å²) in [5, 5.41) is 0. The van der Waals surface area contributed by atoms with Crippen molar-refractivity contribution in [2.24, 2.45) is 0 Å². The third-order valence-electron chi connectivity index (χ3n) is 12.0. The zero-order valence-corrected chi connectivity index (χ0v) is 40.9. The van der Waals surface area contributed by atoms with Gasteiger partial charge in [0, 0.05) is 19.3 Å². The van der Waals surface area contributed by atoms with Gasteiger partial charge in [0.25, 0.3) is 0 Å². The van der Waals surface area contributed by atoms with Crippen molar-refractivity contribution in [2.75, 3.05) is 13.2 Å². The molecule has 0 unspecified atom stereocenters. The van der Waals surface area contributed by atoms with Crippen molar-refractivity contribution in [2.45, 2.75) is 297 Å². The van der Waals surface area contributed by atoms with E-state index in [-0.39, 0.29) is 31.1 Å². The summed E-state index contributed by atoms with van der Waals surface area (Å²) in [6, 6.07) is 0. The van der Waals surface area contributed by atoms with Crippen LogP contribution in [-0.2, 0) is 28.6 Å². The number of hydrogen-bond donors (Lipinski definition) is 0. The van der Waals surface area contributed by atoms with Crippen LogP contribution in [0.5, 0.6) is 0 Å². The SMILES string of the molecule is CCCCC/C=C\C/C=C\CCCCCCCC(=O)OC[C@H](COC(=O)CCCCCCCCCCCCC)OC(=O)CCCCCCCCCCCCCCCCCCC. The fourth-order valence-electron chi connectivity index (χ4n) is 7.89. The maximum absolute atomic E-state index is 12.8. The lowest BCUT2D eigenvalue weighted by atomic mass is 10.0. The lowest BCUT2D eigenvalue weighted by molar-refractivity contribution is -0.167. The Hall–Kier alpha value is -2.11. The Labute approximate surface area is 379 Å². The molecular weight excluding hydrogens is 757 g/mol. The van der Waals surface area contributed by atoms with Crippen LogP contribution in [0.1, 0.15) is 290 Å². The van der Waals surface area contributed by atoms with E-state index in [1.807, 2.05) is 0 Å². The van der Waals surface area contributed by atoms with E-state index >= 15 is 0 Å². The molecule has 6 heteroatoms. The smallest absolute Gasteiger partial charge is 0.306 e. The van der Waals surface area contributed by atoms with Crippen LogP contribution in [0.3, 0.4) is 0 Å². The number of unbranched alkanes of at least 4 members (excludes halogenated alkanes) is 34. The molecule has 0 spiro atoms. The number of carbonyl (C=O) groups is 3. The van der Waals surface area contributed by atoms with E-state index in [9.17, 15) is 14.4 Å². The Morgan fingerprint density at radius 1 is 0.328 bits per heavy atom. The number of hydrogen-bond acceptors (Lipinski definition) is 6. The summed E-state index contributed by atoms with van der Waals surface area (Å²) in [6.07, 6.45) is 57.3. The molecule has 0 radical (unpaired) electrons. The quantitative estimate of drug-likeness (QED) is 0.0262. The molecule has 61 heavy (non-hydrogen) atoms. The van der Waals surface area contributed by atoms with Crippen LogP contribution < -0.4 is 0 Å². The highest BCUT2D eigenvalue weighted by Crippen LogP contribution is 2.16. The Balaban J connectivity index is 4.33. The molecule has 0 N–H and O–H groups in total. The van der Waals surface area contributed by atoms with Gasteiger partial charge in [-0.2, -0.15) is 0 Å². The zero-order chi connectivity index (χ0) is 44.4. The van der Waals surface area contributed by atoms with E-state index in [1.54, 1.807) is 0 Å². The van der Waals surface area contributed by atoms with Gasteiger partial charge in [-0.25, -0.2) is 0 Å². The van der Waals surface area contributed by atoms with Crippen LogP contribution in [0.4, 0.5) is 0 Å². The summed E-state index contributed by atoms with van der Waals surface area (Å²) in [5.74, 6) is -0.870. The molecule has 0 fully saturated rings. The molecule has 358 valence electrons. The van der Waals surface area contributed by atoms with E-state index in [2.05, 4.69) is 45.1 Å². The van der Waals surface area contributed by atoms with Gasteiger partial charge in [-0.1, -0.05) is 244 Å². The minimum atomic E-state index is -0.770. The van der Waals surface area contributed by atoms with Crippen LogP contribution in [0.2, 0.25) is 0 Å². The number of ether oxygens (including phenoxy) is 3. The molecule has 0 aromatic heterocycles. The van der Waals surface area contributed by atoms with Gasteiger partial charge >= 0.3 is 17.9 Å². The van der Waals surface area contributed by atoms with Crippen LogP contribution >= 0.6 is 0 Å². The summed E-state index contributed by atoms with van der Waals surface area (Å²) in [4.78, 5) is 38.0. The minimum Gasteiger partial charge on any atom is -0.462 e. The van der Waals surface area contributed by atoms with E-state index in [0.717, 1.165) is 77.0 Å². The number of allylic oxidation sites excluding steroid dienone is 4. The number of carbonyl (C=O) groups excluding carboxylic acids is 3. The minimum absolute atomic E-state index is 0.0708. The molecule has 0 saturated heterocycles. The van der Waals surface area contributed by atoms with Gasteiger partial charge in [-0.15, -0.1) is 0 Å². The summed E-state index contributed by atoms with van der Waals surface area (Å²) >= 11 is 0. The third kappa shape index (κ3) is 48.8. The van der Waals surface area contributed by atoms with Gasteiger partial charge in [-0.05, 0) is 51.4 Å². The topological polar surface area (TPSA) is 78.9 Å². The lowest BCUT2D eigenvalue weighted by Gasteiger charge is -2.18. The first-order chi connectivity index (χ1) is 30.0. The molecule has 0 amide bonds. The van der Waals surface area contributed by atoms with Gasteiger partial charge in [0.2, 0.25) is 0 Å². The Morgan fingerprint density at radius 2 is 0.590 bits per heavy atom. The van der Waals surface area contributed by atoms with Crippen LogP contribution in [0.25, 0.3) is 0 Å². The average molecular weight is 859 g/mol. The van der Waals surface area contributed by atoms with Crippen molar-refractivity contribution in [1.29, 1.82) is 0 Å².